The van der Waals surface area contributed by atoms with Crippen molar-refractivity contribution in [1.82, 2.24) is 5.32 Å². The van der Waals surface area contributed by atoms with Crippen molar-refractivity contribution in [2.24, 2.45) is 0 Å². The minimum atomic E-state index is -0.434. The summed E-state index contributed by atoms with van der Waals surface area (Å²) in [5.74, 6) is -0.170. The maximum Gasteiger partial charge on any atom is 0.255 e. The van der Waals surface area contributed by atoms with Crippen LogP contribution >= 0.6 is 0 Å². The summed E-state index contributed by atoms with van der Waals surface area (Å²) in [4.78, 5) is 12.3. The second-order valence-electron chi connectivity index (χ2n) is 5.08. The monoisotopic (exact) mass is 259 g/mol. The summed E-state index contributed by atoms with van der Waals surface area (Å²) < 4.78 is 5.36. The van der Waals surface area contributed by atoms with Crippen LogP contribution in [0.15, 0.2) is 34.9 Å². The molecule has 0 saturated heterocycles. The number of para-hydroxylation sites is 1. The third kappa shape index (κ3) is 2.36. The van der Waals surface area contributed by atoms with E-state index in [1.807, 2.05) is 24.3 Å². The first kappa shape index (κ1) is 12.2. The molecular weight excluding hydrogens is 242 g/mol. The van der Waals surface area contributed by atoms with Crippen LogP contribution in [-0.2, 0) is 0 Å². The van der Waals surface area contributed by atoms with E-state index in [9.17, 15) is 9.90 Å². The number of carbonyl (C=O) groups is 1. The van der Waals surface area contributed by atoms with Crippen LogP contribution in [0, 0.1) is 0 Å². The Hall–Kier alpha value is -1.81. The molecule has 1 amide bonds. The molecule has 0 radical (unpaired) electrons. The average molecular weight is 259 g/mol. The van der Waals surface area contributed by atoms with Gasteiger partial charge >= 0.3 is 0 Å². The highest BCUT2D eigenvalue weighted by molar-refractivity contribution is 6.06. The smallest absolute Gasteiger partial charge is 0.255 e. The summed E-state index contributed by atoms with van der Waals surface area (Å²) >= 11 is 0. The van der Waals surface area contributed by atoms with E-state index >= 15 is 0 Å². The molecule has 4 heteroatoms. The van der Waals surface area contributed by atoms with E-state index in [0.29, 0.717) is 11.1 Å². The van der Waals surface area contributed by atoms with Crippen LogP contribution in [0.25, 0.3) is 11.0 Å². The fraction of sp³-hybridized carbons (Fsp3) is 0.400. The molecule has 2 aromatic rings. The van der Waals surface area contributed by atoms with E-state index in [1.54, 1.807) is 0 Å². The summed E-state index contributed by atoms with van der Waals surface area (Å²) in [6.07, 6.45) is 4.72. The van der Waals surface area contributed by atoms with Crippen LogP contribution in [0.2, 0.25) is 0 Å². The topological polar surface area (TPSA) is 62.5 Å². The lowest BCUT2D eigenvalue weighted by Gasteiger charge is -2.28. The van der Waals surface area contributed by atoms with Crippen molar-refractivity contribution in [2.75, 3.05) is 0 Å². The maximum atomic E-state index is 12.3. The number of aliphatic hydroxyl groups is 1. The van der Waals surface area contributed by atoms with Gasteiger partial charge in [0.05, 0.1) is 17.7 Å². The summed E-state index contributed by atoms with van der Waals surface area (Å²) in [7, 11) is 0. The van der Waals surface area contributed by atoms with Gasteiger partial charge in [-0.3, -0.25) is 4.79 Å². The van der Waals surface area contributed by atoms with Gasteiger partial charge < -0.3 is 14.8 Å². The van der Waals surface area contributed by atoms with Crippen molar-refractivity contribution < 1.29 is 14.3 Å². The van der Waals surface area contributed by atoms with E-state index in [4.69, 9.17) is 4.42 Å². The van der Waals surface area contributed by atoms with Crippen molar-refractivity contribution in [2.45, 2.75) is 37.8 Å². The molecule has 2 atom stereocenters. The van der Waals surface area contributed by atoms with Gasteiger partial charge in [0.2, 0.25) is 0 Å². The second-order valence-corrected chi connectivity index (χ2v) is 5.08. The van der Waals surface area contributed by atoms with Crippen LogP contribution in [0.3, 0.4) is 0 Å². The normalized spacial score (nSPS) is 23.4. The molecule has 3 rings (SSSR count). The number of carbonyl (C=O) groups excluding carboxylic acids is 1. The lowest BCUT2D eigenvalue weighted by Crippen LogP contribution is -2.45. The van der Waals surface area contributed by atoms with Gasteiger partial charge in [-0.1, -0.05) is 31.0 Å². The van der Waals surface area contributed by atoms with Crippen molar-refractivity contribution in [3.05, 3.63) is 36.1 Å². The van der Waals surface area contributed by atoms with E-state index < -0.39 is 6.10 Å². The molecule has 0 aliphatic heterocycles. The van der Waals surface area contributed by atoms with Crippen molar-refractivity contribution in [1.29, 1.82) is 0 Å². The highest BCUT2D eigenvalue weighted by Crippen LogP contribution is 2.22. The molecule has 2 N–H and O–H groups in total. The molecule has 1 aromatic heterocycles. The number of rotatable bonds is 2. The first-order valence-electron chi connectivity index (χ1n) is 6.71. The third-order valence-electron chi connectivity index (χ3n) is 3.77. The average Bonchev–Trinajstić information content (AvgIpc) is 2.85. The predicted octanol–water partition coefficient (Wildman–Crippen LogP) is 2.47. The number of benzene rings is 1. The van der Waals surface area contributed by atoms with Gasteiger partial charge in [0, 0.05) is 5.39 Å². The zero-order valence-electron chi connectivity index (χ0n) is 10.6. The minimum Gasteiger partial charge on any atom is -0.463 e. The Morgan fingerprint density at radius 2 is 2.05 bits per heavy atom. The van der Waals surface area contributed by atoms with Gasteiger partial charge in [-0.15, -0.1) is 0 Å². The maximum absolute atomic E-state index is 12.3. The molecule has 1 aliphatic rings. The van der Waals surface area contributed by atoms with E-state index in [-0.39, 0.29) is 11.9 Å². The molecule has 19 heavy (non-hydrogen) atoms. The van der Waals surface area contributed by atoms with E-state index in [1.165, 1.54) is 6.26 Å². The van der Waals surface area contributed by atoms with Gasteiger partial charge in [-0.25, -0.2) is 0 Å². The van der Waals surface area contributed by atoms with Crippen molar-refractivity contribution in [3.63, 3.8) is 0 Å². The lowest BCUT2D eigenvalue weighted by atomic mass is 9.92. The molecule has 1 saturated carbocycles. The Bertz CT molecular complexity index is 590. The van der Waals surface area contributed by atoms with E-state index in [0.717, 1.165) is 31.1 Å². The molecule has 0 unspecified atom stereocenters. The number of amides is 1. The van der Waals surface area contributed by atoms with Gasteiger partial charge in [0.15, 0.2) is 0 Å². The SMILES string of the molecule is O=C(N[C@H]1CCCC[C@@H]1O)c1coc2ccccc12. The largest absolute Gasteiger partial charge is 0.463 e. The fourth-order valence-corrected chi connectivity index (χ4v) is 2.68. The molecule has 4 nitrogen and oxygen atoms in total. The molecule has 1 aliphatic carbocycles. The number of furan rings is 1. The van der Waals surface area contributed by atoms with Crippen LogP contribution in [0.5, 0.6) is 0 Å². The standard InChI is InChI=1S/C15H17NO3/c17-13-7-3-2-6-12(13)16-15(18)11-9-19-14-8-4-1-5-10(11)14/h1,4-5,8-9,12-13,17H,2-3,6-7H2,(H,16,18)/t12-,13-/m0/s1. The summed E-state index contributed by atoms with van der Waals surface area (Å²) in [6.45, 7) is 0. The van der Waals surface area contributed by atoms with Crippen LogP contribution in [-0.4, -0.2) is 23.2 Å². The van der Waals surface area contributed by atoms with Crippen LogP contribution < -0.4 is 5.32 Å². The Morgan fingerprint density at radius 1 is 1.26 bits per heavy atom. The molecule has 1 fully saturated rings. The quantitative estimate of drug-likeness (QED) is 0.870. The van der Waals surface area contributed by atoms with Crippen molar-refractivity contribution in [3.8, 4) is 0 Å². The van der Waals surface area contributed by atoms with Gasteiger partial charge in [-0.05, 0) is 18.9 Å². The van der Waals surface area contributed by atoms with Crippen LogP contribution in [0.1, 0.15) is 36.0 Å². The molecule has 0 spiro atoms. The number of fused-ring (bicyclic) bond motifs is 1. The van der Waals surface area contributed by atoms with Gasteiger partial charge in [-0.2, -0.15) is 0 Å². The molecule has 1 heterocycles. The van der Waals surface area contributed by atoms with Crippen molar-refractivity contribution >= 4 is 16.9 Å². The summed E-state index contributed by atoms with van der Waals surface area (Å²) in [6, 6.07) is 7.31. The first-order valence-corrected chi connectivity index (χ1v) is 6.71. The highest BCUT2D eigenvalue weighted by atomic mass is 16.3. The fourth-order valence-electron chi connectivity index (χ4n) is 2.68. The Balaban J connectivity index is 1.80. The number of nitrogens with one attached hydrogen (secondary N) is 1. The minimum absolute atomic E-state index is 0.144. The number of aliphatic hydroxyl groups excluding tert-OH is 1. The predicted molar refractivity (Wildman–Crippen MR) is 71.9 cm³/mol. The van der Waals surface area contributed by atoms with E-state index in [2.05, 4.69) is 5.32 Å². The molecule has 100 valence electrons. The Kier molecular flexibility index (Phi) is 3.25. The number of hydrogen-bond donors (Lipinski definition) is 2. The second kappa shape index (κ2) is 5.05. The lowest BCUT2D eigenvalue weighted by molar-refractivity contribution is 0.0718. The molecular formula is C15H17NO3. The summed E-state index contributed by atoms with van der Waals surface area (Å²) in [5.41, 5.74) is 1.24. The number of hydrogen-bond acceptors (Lipinski definition) is 3. The van der Waals surface area contributed by atoms with Crippen LogP contribution in [0.4, 0.5) is 0 Å². The third-order valence-corrected chi connectivity index (χ3v) is 3.77. The van der Waals surface area contributed by atoms with Gasteiger partial charge in [0.1, 0.15) is 11.8 Å². The Labute approximate surface area is 111 Å². The summed E-state index contributed by atoms with van der Waals surface area (Å²) in [5, 5.41) is 13.6. The zero-order valence-corrected chi connectivity index (χ0v) is 10.6. The molecule has 0 bridgehead atoms. The first-order chi connectivity index (χ1) is 9.25. The highest BCUT2D eigenvalue weighted by Gasteiger charge is 2.25. The van der Waals surface area contributed by atoms with Gasteiger partial charge in [0.25, 0.3) is 5.91 Å². The zero-order chi connectivity index (χ0) is 13.2. The Morgan fingerprint density at radius 3 is 2.89 bits per heavy atom. The molecule has 1 aromatic carbocycles.